The number of hydrogen-bond donors (Lipinski definition) is 1. The zero-order valence-corrected chi connectivity index (χ0v) is 15.9. The van der Waals surface area contributed by atoms with Crippen molar-refractivity contribution in [2.75, 3.05) is 13.2 Å². The number of nitrogens with two attached hydrogens (primary N) is 1. The van der Waals surface area contributed by atoms with Gasteiger partial charge < -0.3 is 15.2 Å². The Bertz CT molecular complexity index is 1010. The Morgan fingerprint density at radius 3 is 2.68 bits per heavy atom. The van der Waals surface area contributed by atoms with Crippen LogP contribution in [-0.4, -0.2) is 19.2 Å². The maximum atomic E-state index is 6.15. The first kappa shape index (κ1) is 16.2. The average molecular weight is 372 g/mol. The van der Waals surface area contributed by atoms with Crippen LogP contribution in [0.15, 0.2) is 65.2 Å². The van der Waals surface area contributed by atoms with Crippen LogP contribution in [-0.2, 0) is 10.3 Å². The van der Waals surface area contributed by atoms with Crippen molar-refractivity contribution >= 4 is 11.6 Å². The van der Waals surface area contributed by atoms with Gasteiger partial charge in [-0.15, -0.1) is 0 Å². The fourth-order valence-corrected chi connectivity index (χ4v) is 4.85. The Labute approximate surface area is 165 Å². The summed E-state index contributed by atoms with van der Waals surface area (Å²) in [5.74, 6) is 1.62. The lowest BCUT2D eigenvalue weighted by Gasteiger charge is -2.39. The standard InChI is InChI=1S/C24H24N2O2/c25-22-26-24(15-28-22)20-13-19(8-9-21(20)27-14-23(24)10-11-23)18-5-3-1-2-4-17(12-18)16-6-7-16/h1-5,8-9,12-13,16H,6-7,10-11,14-15H2,(H2,25,26)/b2-1?,3-1+,4-2+,5-3?,17-4?,17-12?,18-5?,18-12?. The van der Waals surface area contributed by atoms with E-state index in [1.807, 2.05) is 0 Å². The van der Waals surface area contributed by atoms with Gasteiger partial charge in [0.1, 0.15) is 17.9 Å². The number of amidine groups is 1. The highest BCUT2D eigenvalue weighted by Crippen LogP contribution is 2.65. The number of hydrogen-bond acceptors (Lipinski definition) is 4. The number of aliphatic imine (C=N–C) groups is 1. The van der Waals surface area contributed by atoms with Crippen molar-refractivity contribution in [1.29, 1.82) is 0 Å². The maximum Gasteiger partial charge on any atom is 0.283 e. The van der Waals surface area contributed by atoms with Crippen LogP contribution in [0.3, 0.4) is 0 Å². The second-order valence-electron chi connectivity index (χ2n) is 8.66. The predicted octanol–water partition coefficient (Wildman–Crippen LogP) is 4.25. The lowest BCUT2D eigenvalue weighted by molar-refractivity contribution is 0.0871. The highest BCUT2D eigenvalue weighted by atomic mass is 16.5. The number of nitrogens with zero attached hydrogens (tertiary/aromatic N) is 1. The largest absolute Gasteiger partial charge is 0.493 e. The zero-order valence-electron chi connectivity index (χ0n) is 15.9. The van der Waals surface area contributed by atoms with E-state index in [4.69, 9.17) is 20.2 Å². The van der Waals surface area contributed by atoms with Crippen molar-refractivity contribution in [3.8, 4) is 5.75 Å². The molecule has 0 amide bonds. The first-order valence-electron chi connectivity index (χ1n) is 10.2. The minimum absolute atomic E-state index is 0.0344. The summed E-state index contributed by atoms with van der Waals surface area (Å²) in [4.78, 5) is 4.84. The summed E-state index contributed by atoms with van der Waals surface area (Å²) in [6.45, 7) is 1.21. The van der Waals surface area contributed by atoms with Gasteiger partial charge in [-0.1, -0.05) is 42.5 Å². The van der Waals surface area contributed by atoms with Crippen LogP contribution < -0.4 is 10.5 Å². The molecule has 2 spiro atoms. The molecule has 6 rings (SSSR count). The molecule has 1 atom stereocenters. The van der Waals surface area contributed by atoms with Crippen LogP contribution in [0.4, 0.5) is 0 Å². The van der Waals surface area contributed by atoms with Gasteiger partial charge in [-0.05, 0) is 60.4 Å². The molecule has 2 heterocycles. The molecule has 142 valence electrons. The van der Waals surface area contributed by atoms with Crippen LogP contribution in [0.2, 0.25) is 0 Å². The van der Waals surface area contributed by atoms with Crippen LogP contribution >= 0.6 is 0 Å². The van der Waals surface area contributed by atoms with Crippen LogP contribution in [0.25, 0.3) is 5.57 Å². The summed E-state index contributed by atoms with van der Waals surface area (Å²) in [5, 5.41) is 0. The number of rotatable bonds is 2. The van der Waals surface area contributed by atoms with Gasteiger partial charge >= 0.3 is 0 Å². The molecule has 3 aliphatic carbocycles. The Morgan fingerprint density at radius 2 is 1.93 bits per heavy atom. The number of ether oxygens (including phenoxy) is 2. The summed E-state index contributed by atoms with van der Waals surface area (Å²) >= 11 is 0. The van der Waals surface area contributed by atoms with Crippen molar-refractivity contribution in [3.05, 3.63) is 71.4 Å². The van der Waals surface area contributed by atoms with E-state index >= 15 is 0 Å². The molecule has 1 aromatic carbocycles. The fraction of sp³-hybridized carbons (Fsp3) is 0.375. The fourth-order valence-electron chi connectivity index (χ4n) is 4.85. The van der Waals surface area contributed by atoms with Crippen LogP contribution in [0.5, 0.6) is 5.75 Å². The molecule has 1 unspecified atom stereocenters. The molecule has 0 bridgehead atoms. The van der Waals surface area contributed by atoms with Gasteiger partial charge in [0.15, 0.2) is 0 Å². The van der Waals surface area contributed by atoms with Gasteiger partial charge in [-0.3, -0.25) is 0 Å². The van der Waals surface area contributed by atoms with Crippen LogP contribution in [0, 0.1) is 11.3 Å². The number of benzene rings is 1. The third-order valence-electron chi connectivity index (χ3n) is 6.88. The first-order chi connectivity index (χ1) is 13.7. The van der Waals surface area contributed by atoms with E-state index in [1.165, 1.54) is 29.6 Å². The Morgan fingerprint density at radius 1 is 1.04 bits per heavy atom. The van der Waals surface area contributed by atoms with E-state index in [2.05, 4.69) is 54.7 Å². The summed E-state index contributed by atoms with van der Waals surface area (Å²) in [6, 6.07) is 6.81. The minimum atomic E-state index is -0.401. The Hall–Kier alpha value is -2.75. The molecule has 5 aliphatic rings. The normalized spacial score (nSPS) is 31.5. The molecular formula is C24H24N2O2. The first-order valence-corrected chi connectivity index (χ1v) is 10.2. The number of fused-ring (bicyclic) bond motifs is 3. The van der Waals surface area contributed by atoms with Gasteiger partial charge in [0.05, 0.1) is 6.61 Å². The molecule has 2 saturated carbocycles. The summed E-state index contributed by atoms with van der Waals surface area (Å²) in [6.07, 6.45) is 17.9. The monoisotopic (exact) mass is 372 g/mol. The highest BCUT2D eigenvalue weighted by molar-refractivity contribution is 5.79. The molecule has 0 radical (unpaired) electrons. The molecule has 28 heavy (non-hydrogen) atoms. The van der Waals surface area contributed by atoms with E-state index in [1.54, 1.807) is 0 Å². The zero-order chi connectivity index (χ0) is 18.8. The van der Waals surface area contributed by atoms with Gasteiger partial charge in [0, 0.05) is 11.0 Å². The summed E-state index contributed by atoms with van der Waals surface area (Å²) in [5.41, 5.74) is 10.6. The molecule has 4 heteroatoms. The molecule has 0 saturated heterocycles. The summed E-state index contributed by atoms with van der Waals surface area (Å²) in [7, 11) is 0. The lowest BCUT2D eigenvalue weighted by Crippen LogP contribution is -2.44. The molecular weight excluding hydrogens is 348 g/mol. The van der Waals surface area contributed by atoms with E-state index in [9.17, 15) is 0 Å². The number of allylic oxidation sites excluding steroid dienone is 8. The van der Waals surface area contributed by atoms with E-state index < -0.39 is 5.54 Å². The molecule has 2 N–H and O–H groups in total. The molecule has 2 aliphatic heterocycles. The molecule has 0 aromatic heterocycles. The second-order valence-corrected chi connectivity index (χ2v) is 8.66. The van der Waals surface area contributed by atoms with Gasteiger partial charge in [0.2, 0.25) is 0 Å². The van der Waals surface area contributed by atoms with Gasteiger partial charge in [-0.2, -0.15) is 0 Å². The van der Waals surface area contributed by atoms with Gasteiger partial charge in [-0.25, -0.2) is 4.99 Å². The topological polar surface area (TPSA) is 56.8 Å². The van der Waals surface area contributed by atoms with Crippen LogP contribution in [0.1, 0.15) is 36.8 Å². The van der Waals surface area contributed by atoms with Crippen molar-refractivity contribution in [1.82, 2.24) is 0 Å². The average Bonchev–Trinajstić information content (AvgIpc) is 3.60. The van der Waals surface area contributed by atoms with E-state index in [0.29, 0.717) is 25.2 Å². The maximum absolute atomic E-state index is 6.15. The lowest BCUT2D eigenvalue weighted by atomic mass is 9.74. The van der Waals surface area contributed by atoms with Crippen molar-refractivity contribution in [3.63, 3.8) is 0 Å². The summed E-state index contributed by atoms with van der Waals surface area (Å²) < 4.78 is 11.8. The SMILES string of the molecule is NC1=NC2(CO1)c1cc(C3=C/C=C/C=C/C(C4CC4)=C3)ccc1OCC21CC1. The predicted molar refractivity (Wildman–Crippen MR) is 110 cm³/mol. The highest BCUT2D eigenvalue weighted by Gasteiger charge is 2.66. The van der Waals surface area contributed by atoms with Crippen molar-refractivity contribution in [2.45, 2.75) is 31.2 Å². The van der Waals surface area contributed by atoms with Crippen molar-refractivity contribution < 1.29 is 9.47 Å². The minimum Gasteiger partial charge on any atom is -0.493 e. The molecule has 4 nitrogen and oxygen atoms in total. The van der Waals surface area contributed by atoms with Gasteiger partial charge in [0.25, 0.3) is 6.02 Å². The third kappa shape index (κ3) is 2.33. The Balaban J connectivity index is 1.47. The third-order valence-corrected chi connectivity index (χ3v) is 6.88. The second kappa shape index (κ2) is 5.63. The van der Waals surface area contributed by atoms with E-state index in [0.717, 1.165) is 24.2 Å². The smallest absolute Gasteiger partial charge is 0.283 e. The molecule has 1 aromatic rings. The van der Waals surface area contributed by atoms with E-state index in [-0.39, 0.29) is 5.41 Å². The Kier molecular flexibility index (Phi) is 3.26. The quantitative estimate of drug-likeness (QED) is 0.844. The molecule has 2 fully saturated rings. The van der Waals surface area contributed by atoms with Crippen molar-refractivity contribution in [2.24, 2.45) is 22.1 Å².